The van der Waals surface area contributed by atoms with Crippen LogP contribution < -0.4 is 0 Å². The largest absolute Gasteiger partial charge is 0.383 e. The highest BCUT2D eigenvalue weighted by molar-refractivity contribution is 6.04. The first-order chi connectivity index (χ1) is 14.8. The maximum atomic E-state index is 13.4. The second-order valence-electron chi connectivity index (χ2n) is 7.76. The van der Waals surface area contributed by atoms with E-state index in [2.05, 4.69) is 5.10 Å². The number of halogens is 1. The molecule has 0 spiro atoms. The van der Waals surface area contributed by atoms with Crippen LogP contribution in [0, 0.1) is 19.7 Å². The number of aromatic nitrogens is 2. The lowest BCUT2D eigenvalue weighted by atomic mass is 10.1. The Hall–Kier alpha value is -3.27. The maximum Gasteiger partial charge on any atom is 0.328 e. The van der Waals surface area contributed by atoms with Crippen LogP contribution in [0.1, 0.15) is 17.0 Å². The van der Waals surface area contributed by atoms with Gasteiger partial charge < -0.3 is 14.5 Å². The van der Waals surface area contributed by atoms with Gasteiger partial charge >= 0.3 is 6.03 Å². The second-order valence-corrected chi connectivity index (χ2v) is 7.76. The number of hydrogen-bond donors (Lipinski definition) is 0. The molecule has 0 saturated carbocycles. The highest BCUT2D eigenvalue weighted by Gasteiger charge is 2.52. The number of aryl methyl sites for hydroxylation is 2. The molecule has 2 aromatic rings. The lowest BCUT2D eigenvalue weighted by Gasteiger charge is -2.41. The molecule has 1 fully saturated rings. The van der Waals surface area contributed by atoms with Gasteiger partial charge in [0.2, 0.25) is 5.96 Å². The summed E-state index contributed by atoms with van der Waals surface area (Å²) < 4.78 is 20.2. The summed E-state index contributed by atoms with van der Waals surface area (Å²) in [7, 11) is 3.15. The van der Waals surface area contributed by atoms with Crippen LogP contribution in [0.3, 0.4) is 0 Å². The first-order valence-electron chi connectivity index (χ1n) is 10.0. The number of amides is 3. The third-order valence-corrected chi connectivity index (χ3v) is 5.56. The molecule has 0 radical (unpaired) electrons. The number of carbonyl (C=O) groups is 2. The monoisotopic (exact) mass is 428 g/mol. The van der Waals surface area contributed by atoms with Crippen molar-refractivity contribution in [2.24, 2.45) is 4.99 Å². The molecule has 164 valence electrons. The van der Waals surface area contributed by atoms with Crippen molar-refractivity contribution in [3.8, 4) is 0 Å². The van der Waals surface area contributed by atoms with Gasteiger partial charge in [-0.05, 0) is 37.6 Å². The van der Waals surface area contributed by atoms with Crippen LogP contribution in [0.5, 0.6) is 0 Å². The van der Waals surface area contributed by atoms with Crippen LogP contribution in [-0.2, 0) is 16.1 Å². The van der Waals surface area contributed by atoms with E-state index in [9.17, 15) is 14.0 Å². The van der Waals surface area contributed by atoms with Crippen molar-refractivity contribution < 1.29 is 18.7 Å². The van der Waals surface area contributed by atoms with Crippen molar-refractivity contribution in [3.63, 3.8) is 0 Å². The molecular weight excluding hydrogens is 403 g/mol. The minimum Gasteiger partial charge on any atom is -0.383 e. The molecule has 3 heterocycles. The molecule has 2 aliphatic heterocycles. The molecule has 3 amide bonds. The molecule has 9 nitrogen and oxygen atoms in total. The molecule has 1 saturated heterocycles. The van der Waals surface area contributed by atoms with Crippen LogP contribution >= 0.6 is 0 Å². The number of aliphatic imine (C=N–C) groups is 1. The van der Waals surface area contributed by atoms with Gasteiger partial charge in [0.25, 0.3) is 5.91 Å². The van der Waals surface area contributed by atoms with Gasteiger partial charge in [0.15, 0.2) is 12.2 Å². The lowest BCUT2D eigenvalue weighted by molar-refractivity contribution is -0.138. The summed E-state index contributed by atoms with van der Waals surface area (Å²) >= 11 is 0. The molecule has 10 heteroatoms. The minimum absolute atomic E-state index is 0.154. The predicted octanol–water partition coefficient (Wildman–Crippen LogP) is 1.59. The van der Waals surface area contributed by atoms with E-state index in [1.54, 1.807) is 23.9 Å². The van der Waals surface area contributed by atoms with Crippen LogP contribution in [0.25, 0.3) is 0 Å². The summed E-state index contributed by atoms with van der Waals surface area (Å²) in [6.07, 6.45) is -0.682. The molecular formula is C21H25FN6O3. The summed E-state index contributed by atoms with van der Waals surface area (Å²) in [6.45, 7) is 4.49. The molecule has 4 rings (SSSR count). The highest BCUT2D eigenvalue weighted by Crippen LogP contribution is 2.30. The summed E-state index contributed by atoms with van der Waals surface area (Å²) in [4.78, 5) is 35.5. The summed E-state index contributed by atoms with van der Waals surface area (Å²) in [5.74, 6) is -0.195. The molecule has 0 bridgehead atoms. The molecule has 1 aromatic carbocycles. The zero-order valence-corrected chi connectivity index (χ0v) is 17.9. The molecule has 2 atom stereocenters. The number of hydrogen-bond acceptors (Lipinski definition) is 6. The SMILES string of the molecule is COCCN1C(=O)C2C(N=C(n3nc(C)cc3C)N2Cc2ccc(F)cc2)N(C)C1=O. The summed E-state index contributed by atoms with van der Waals surface area (Å²) in [5, 5.41) is 4.53. The van der Waals surface area contributed by atoms with Gasteiger partial charge in [-0.15, -0.1) is 0 Å². The third kappa shape index (κ3) is 3.67. The topological polar surface area (TPSA) is 83.3 Å². The van der Waals surface area contributed by atoms with Crippen molar-refractivity contribution in [1.82, 2.24) is 24.5 Å². The Balaban J connectivity index is 1.76. The van der Waals surface area contributed by atoms with Crippen LogP contribution in [0.15, 0.2) is 35.3 Å². The average molecular weight is 428 g/mol. The van der Waals surface area contributed by atoms with Crippen LogP contribution in [0.4, 0.5) is 9.18 Å². The normalized spacial score (nSPS) is 21.1. The smallest absolute Gasteiger partial charge is 0.328 e. The number of imide groups is 1. The van der Waals surface area contributed by atoms with Gasteiger partial charge in [-0.2, -0.15) is 5.10 Å². The molecule has 2 aliphatic rings. The van der Waals surface area contributed by atoms with E-state index in [4.69, 9.17) is 9.73 Å². The number of nitrogens with zero attached hydrogens (tertiary/aromatic N) is 6. The highest BCUT2D eigenvalue weighted by atomic mass is 19.1. The van der Waals surface area contributed by atoms with Crippen molar-refractivity contribution in [1.29, 1.82) is 0 Å². The number of benzene rings is 1. The number of ether oxygens (including phenoxy) is 1. The van der Waals surface area contributed by atoms with Gasteiger partial charge in [-0.3, -0.25) is 9.69 Å². The van der Waals surface area contributed by atoms with E-state index in [0.29, 0.717) is 12.5 Å². The number of urea groups is 1. The number of likely N-dealkylation sites (N-methyl/N-ethyl adjacent to an activating group) is 1. The van der Waals surface area contributed by atoms with Gasteiger partial charge in [0.05, 0.1) is 18.8 Å². The average Bonchev–Trinajstić information content (AvgIpc) is 3.27. The Morgan fingerprint density at radius 3 is 2.48 bits per heavy atom. The fourth-order valence-electron chi connectivity index (χ4n) is 4.02. The quantitative estimate of drug-likeness (QED) is 0.722. The van der Waals surface area contributed by atoms with Crippen LogP contribution in [0.2, 0.25) is 0 Å². The number of methoxy groups -OCH3 is 1. The maximum absolute atomic E-state index is 13.4. The lowest BCUT2D eigenvalue weighted by Crippen LogP contribution is -2.65. The Morgan fingerprint density at radius 1 is 1.16 bits per heavy atom. The van der Waals surface area contributed by atoms with E-state index >= 15 is 0 Å². The Bertz CT molecular complexity index is 1030. The molecule has 0 N–H and O–H groups in total. The Morgan fingerprint density at radius 2 is 1.87 bits per heavy atom. The number of fused-ring (bicyclic) bond motifs is 1. The van der Waals surface area contributed by atoms with Crippen LogP contribution in [-0.4, -0.2) is 81.9 Å². The van der Waals surface area contributed by atoms with E-state index in [1.165, 1.54) is 29.0 Å². The van der Waals surface area contributed by atoms with Crippen molar-refractivity contribution in [3.05, 3.63) is 53.1 Å². The fourth-order valence-corrected chi connectivity index (χ4v) is 4.02. The van der Waals surface area contributed by atoms with E-state index in [0.717, 1.165) is 17.0 Å². The Kier molecular flexibility index (Phi) is 5.48. The standard InChI is InChI=1S/C21H25FN6O3/c1-13-11-14(2)28(24-13)20-23-18-17(27(20)12-15-5-7-16(22)8-6-15)19(29)26(9-10-31-4)21(30)25(18)3/h5-8,11,17-18H,9-10,12H2,1-4H3. The zero-order valence-electron chi connectivity index (χ0n) is 17.9. The van der Waals surface area contributed by atoms with E-state index < -0.39 is 18.2 Å². The number of carbonyl (C=O) groups excluding carboxylic acids is 2. The summed E-state index contributed by atoms with van der Waals surface area (Å²) in [5.41, 5.74) is 2.48. The van der Waals surface area contributed by atoms with Crippen molar-refractivity contribution >= 4 is 17.9 Å². The van der Waals surface area contributed by atoms with Crippen molar-refractivity contribution in [2.45, 2.75) is 32.6 Å². The molecule has 2 unspecified atom stereocenters. The third-order valence-electron chi connectivity index (χ3n) is 5.56. The predicted molar refractivity (Wildman–Crippen MR) is 111 cm³/mol. The Labute approximate surface area is 179 Å². The first-order valence-corrected chi connectivity index (χ1v) is 10.0. The van der Waals surface area contributed by atoms with E-state index in [1.807, 2.05) is 24.8 Å². The molecule has 31 heavy (non-hydrogen) atoms. The summed E-state index contributed by atoms with van der Waals surface area (Å²) in [6, 6.07) is 6.89. The first kappa shape index (κ1) is 21.0. The zero-order chi connectivity index (χ0) is 22.3. The second kappa shape index (κ2) is 8.10. The van der Waals surface area contributed by atoms with Gasteiger partial charge in [0, 0.05) is 26.4 Å². The fraction of sp³-hybridized carbons (Fsp3) is 0.429. The minimum atomic E-state index is -0.719. The molecule has 1 aromatic heterocycles. The number of rotatable bonds is 5. The molecule has 0 aliphatic carbocycles. The van der Waals surface area contributed by atoms with Gasteiger partial charge in [-0.25, -0.2) is 18.9 Å². The van der Waals surface area contributed by atoms with E-state index in [-0.39, 0.29) is 24.9 Å². The van der Waals surface area contributed by atoms with Crippen molar-refractivity contribution in [2.75, 3.05) is 27.3 Å². The van der Waals surface area contributed by atoms with Gasteiger partial charge in [-0.1, -0.05) is 12.1 Å². The van der Waals surface area contributed by atoms with Gasteiger partial charge in [0.1, 0.15) is 5.82 Å².